The molecule has 3 aromatic rings. The van der Waals surface area contributed by atoms with Crippen molar-refractivity contribution in [2.24, 2.45) is 7.05 Å². The number of aryl methyl sites for hydroxylation is 2. The first kappa shape index (κ1) is 25.4. The number of aromatic nitrogens is 3. The molecule has 3 amide bonds. The van der Waals surface area contributed by atoms with Gasteiger partial charge in [0.15, 0.2) is 5.65 Å². The minimum Gasteiger partial charge on any atom is -0.491 e. The lowest BCUT2D eigenvalue weighted by Gasteiger charge is -2.36. The second-order valence-corrected chi connectivity index (χ2v) is 9.72. The average molecular weight is 494 g/mol. The molecule has 2 N–H and O–H groups in total. The van der Waals surface area contributed by atoms with E-state index in [9.17, 15) is 9.59 Å². The number of urea groups is 1. The zero-order valence-corrected chi connectivity index (χ0v) is 21.8. The Morgan fingerprint density at radius 2 is 1.89 bits per heavy atom. The summed E-state index contributed by atoms with van der Waals surface area (Å²) in [7, 11) is 6.02. The Balaban J connectivity index is 1.57. The Morgan fingerprint density at radius 1 is 1.17 bits per heavy atom. The topological polar surface area (TPSA) is 105 Å². The Hall–Kier alpha value is -3.66. The molecule has 0 atom stereocenters. The zero-order valence-electron chi connectivity index (χ0n) is 21.8. The van der Waals surface area contributed by atoms with Crippen LogP contribution in [0.1, 0.15) is 42.7 Å². The number of amides is 3. The van der Waals surface area contributed by atoms with E-state index in [0.717, 1.165) is 37.0 Å². The molecule has 1 saturated heterocycles. The van der Waals surface area contributed by atoms with Crippen LogP contribution in [0.4, 0.5) is 16.3 Å². The summed E-state index contributed by atoms with van der Waals surface area (Å²) in [5.41, 5.74) is 2.37. The second-order valence-electron chi connectivity index (χ2n) is 9.72. The highest BCUT2D eigenvalue weighted by atomic mass is 16.5. The number of rotatable bonds is 6. The molecule has 1 aliphatic heterocycles. The molecule has 0 unspecified atom stereocenters. The van der Waals surface area contributed by atoms with Crippen LogP contribution in [0.3, 0.4) is 0 Å². The fraction of sp³-hybridized carbons (Fsp3) is 0.462. The Bertz CT molecular complexity index is 1260. The quantitative estimate of drug-likeness (QED) is 0.541. The predicted octanol–water partition coefficient (Wildman–Crippen LogP) is 3.56. The minimum atomic E-state index is -0.623. The molecule has 10 heteroatoms. The molecule has 0 spiro atoms. The summed E-state index contributed by atoms with van der Waals surface area (Å²) in [5.74, 6) is 0.698. The molecule has 3 heterocycles. The molecule has 1 aliphatic rings. The zero-order chi connectivity index (χ0) is 26.0. The van der Waals surface area contributed by atoms with Crippen LogP contribution in [0.5, 0.6) is 5.75 Å². The van der Waals surface area contributed by atoms with Gasteiger partial charge in [-0.1, -0.05) is 6.07 Å². The second kappa shape index (κ2) is 10.5. The largest absolute Gasteiger partial charge is 0.491 e. The molecule has 1 fully saturated rings. The SMILES string of the molecule is Cc1nn(C)c2nc(N3CCC(N(C)C)CC3)c(C(=O)NC(=O)Nc3cccc(OC(C)C)c3)cc12. The van der Waals surface area contributed by atoms with Crippen LogP contribution in [-0.2, 0) is 7.05 Å². The number of pyridine rings is 1. The smallest absolute Gasteiger partial charge is 0.326 e. The van der Waals surface area contributed by atoms with Gasteiger partial charge in [0.05, 0.1) is 17.4 Å². The summed E-state index contributed by atoms with van der Waals surface area (Å²) in [6, 6.07) is 8.72. The summed E-state index contributed by atoms with van der Waals surface area (Å²) >= 11 is 0. The molecular weight excluding hydrogens is 458 g/mol. The lowest BCUT2D eigenvalue weighted by Crippen LogP contribution is -2.43. The number of anilines is 2. The summed E-state index contributed by atoms with van der Waals surface area (Å²) in [4.78, 5) is 35.3. The number of fused-ring (bicyclic) bond motifs is 1. The van der Waals surface area contributed by atoms with Gasteiger partial charge in [0.1, 0.15) is 11.6 Å². The number of ether oxygens (including phenoxy) is 1. The van der Waals surface area contributed by atoms with Crippen molar-refractivity contribution in [3.05, 3.63) is 41.6 Å². The number of piperidine rings is 1. The molecule has 0 saturated carbocycles. The molecule has 0 bridgehead atoms. The molecule has 0 aliphatic carbocycles. The maximum atomic E-state index is 13.4. The van der Waals surface area contributed by atoms with Gasteiger partial charge in [0, 0.05) is 43.3 Å². The van der Waals surface area contributed by atoms with Gasteiger partial charge in [-0.2, -0.15) is 5.10 Å². The van der Waals surface area contributed by atoms with Crippen LogP contribution >= 0.6 is 0 Å². The van der Waals surface area contributed by atoms with Gasteiger partial charge in [-0.15, -0.1) is 0 Å². The Labute approximate surface area is 211 Å². The van der Waals surface area contributed by atoms with E-state index < -0.39 is 11.9 Å². The molecule has 192 valence electrons. The maximum absolute atomic E-state index is 13.4. The molecule has 4 rings (SSSR count). The normalized spacial score (nSPS) is 14.5. The first-order valence-electron chi connectivity index (χ1n) is 12.3. The van der Waals surface area contributed by atoms with Gasteiger partial charge in [0.2, 0.25) is 0 Å². The number of hydrogen-bond acceptors (Lipinski definition) is 7. The van der Waals surface area contributed by atoms with Gasteiger partial charge >= 0.3 is 6.03 Å². The number of imide groups is 1. The van der Waals surface area contributed by atoms with E-state index in [4.69, 9.17) is 9.72 Å². The van der Waals surface area contributed by atoms with E-state index in [0.29, 0.717) is 34.5 Å². The summed E-state index contributed by atoms with van der Waals surface area (Å²) < 4.78 is 7.41. The molecule has 2 aromatic heterocycles. The van der Waals surface area contributed by atoms with Crippen molar-refractivity contribution in [3.63, 3.8) is 0 Å². The third-order valence-corrected chi connectivity index (χ3v) is 6.41. The third kappa shape index (κ3) is 5.59. The van der Waals surface area contributed by atoms with Crippen LogP contribution in [0, 0.1) is 6.92 Å². The predicted molar refractivity (Wildman–Crippen MR) is 141 cm³/mol. The van der Waals surface area contributed by atoms with Gasteiger partial charge in [-0.25, -0.2) is 9.78 Å². The van der Waals surface area contributed by atoms with Crippen molar-refractivity contribution in [3.8, 4) is 5.75 Å². The van der Waals surface area contributed by atoms with Crippen LogP contribution in [0.15, 0.2) is 30.3 Å². The monoisotopic (exact) mass is 493 g/mol. The van der Waals surface area contributed by atoms with Crippen molar-refractivity contribution >= 4 is 34.5 Å². The van der Waals surface area contributed by atoms with E-state index in [1.54, 1.807) is 28.9 Å². The standard InChI is InChI=1S/C26H35N7O3/c1-16(2)36-20-9-7-8-18(14-20)27-26(35)29-25(34)22-15-21-17(3)30-32(6)23(21)28-24(22)33-12-10-19(11-13-33)31(4)5/h7-9,14-16,19H,10-13H2,1-6H3,(H2,27,29,34,35). The number of carbonyl (C=O) groups is 2. The molecule has 36 heavy (non-hydrogen) atoms. The van der Waals surface area contributed by atoms with Crippen LogP contribution in [-0.4, -0.2) is 70.9 Å². The first-order valence-corrected chi connectivity index (χ1v) is 12.3. The van der Waals surface area contributed by atoms with E-state index in [1.165, 1.54) is 0 Å². The third-order valence-electron chi connectivity index (χ3n) is 6.41. The Kier molecular flexibility index (Phi) is 7.44. The number of carbonyl (C=O) groups excluding carboxylic acids is 2. The number of hydrogen-bond donors (Lipinski definition) is 2. The van der Waals surface area contributed by atoms with Crippen LogP contribution in [0.2, 0.25) is 0 Å². The first-order chi connectivity index (χ1) is 17.1. The molecule has 10 nitrogen and oxygen atoms in total. The maximum Gasteiger partial charge on any atom is 0.326 e. The minimum absolute atomic E-state index is 0.00946. The van der Waals surface area contributed by atoms with E-state index in [2.05, 4.69) is 39.6 Å². The van der Waals surface area contributed by atoms with Gasteiger partial charge in [-0.3, -0.25) is 14.8 Å². The van der Waals surface area contributed by atoms with Gasteiger partial charge < -0.3 is 19.9 Å². The van der Waals surface area contributed by atoms with E-state index >= 15 is 0 Å². The van der Waals surface area contributed by atoms with E-state index in [-0.39, 0.29) is 6.10 Å². The fourth-order valence-corrected chi connectivity index (χ4v) is 4.59. The van der Waals surface area contributed by atoms with Crippen molar-refractivity contribution in [2.45, 2.75) is 45.8 Å². The average Bonchev–Trinajstić information content (AvgIpc) is 3.10. The molecular formula is C26H35N7O3. The summed E-state index contributed by atoms with van der Waals surface area (Å²) in [6.45, 7) is 7.29. The van der Waals surface area contributed by atoms with Gasteiger partial charge in [0.25, 0.3) is 5.91 Å². The molecule has 0 radical (unpaired) electrons. The number of nitrogens with zero attached hydrogens (tertiary/aromatic N) is 5. The van der Waals surface area contributed by atoms with Crippen molar-refractivity contribution in [1.29, 1.82) is 0 Å². The number of benzene rings is 1. The summed E-state index contributed by atoms with van der Waals surface area (Å²) in [6.07, 6.45) is 1.94. The lowest BCUT2D eigenvalue weighted by atomic mass is 10.0. The van der Waals surface area contributed by atoms with Crippen LogP contribution < -0.4 is 20.3 Å². The van der Waals surface area contributed by atoms with Crippen molar-refractivity contribution in [1.82, 2.24) is 25.0 Å². The van der Waals surface area contributed by atoms with Crippen molar-refractivity contribution < 1.29 is 14.3 Å². The number of nitrogens with one attached hydrogen (secondary N) is 2. The highest BCUT2D eigenvalue weighted by Crippen LogP contribution is 2.28. The van der Waals surface area contributed by atoms with Crippen molar-refractivity contribution in [2.75, 3.05) is 37.4 Å². The van der Waals surface area contributed by atoms with Crippen LogP contribution in [0.25, 0.3) is 11.0 Å². The Morgan fingerprint density at radius 3 is 2.56 bits per heavy atom. The summed E-state index contributed by atoms with van der Waals surface area (Å²) in [5, 5.41) is 10.4. The lowest BCUT2D eigenvalue weighted by molar-refractivity contribution is 0.0967. The highest BCUT2D eigenvalue weighted by Gasteiger charge is 2.27. The molecule has 1 aromatic carbocycles. The van der Waals surface area contributed by atoms with Gasteiger partial charge in [-0.05, 0) is 65.9 Å². The fourth-order valence-electron chi connectivity index (χ4n) is 4.59. The van der Waals surface area contributed by atoms with E-state index in [1.807, 2.05) is 33.9 Å². The highest BCUT2D eigenvalue weighted by molar-refractivity contribution is 6.11.